The van der Waals surface area contributed by atoms with Crippen molar-refractivity contribution >= 4 is 26.9 Å². The monoisotopic (exact) mass is 519 g/mol. The van der Waals surface area contributed by atoms with Crippen LogP contribution in [-0.4, -0.2) is 58.7 Å². The summed E-state index contributed by atoms with van der Waals surface area (Å²) in [7, 11) is 3.42. The van der Waals surface area contributed by atoms with Crippen molar-refractivity contribution in [2.45, 2.75) is 31.5 Å². The van der Waals surface area contributed by atoms with Crippen LogP contribution in [-0.2, 0) is 0 Å². The van der Waals surface area contributed by atoms with Crippen molar-refractivity contribution in [1.82, 2.24) is 4.90 Å². The molecule has 0 radical (unpaired) electrons. The lowest BCUT2D eigenvalue weighted by Gasteiger charge is -2.34. The van der Waals surface area contributed by atoms with Crippen LogP contribution in [0.1, 0.15) is 40.9 Å². The van der Waals surface area contributed by atoms with E-state index in [4.69, 9.17) is 9.15 Å². The Hall–Kier alpha value is -2.59. The van der Waals surface area contributed by atoms with Gasteiger partial charge in [-0.3, -0.25) is 4.79 Å². The average molecular weight is 520 g/mol. The molecule has 1 unspecified atom stereocenters. The normalized spacial score (nSPS) is 20.2. The molecular formula is C24H26BrNO7. The standard InChI is InChI=1S/C24H26BrNO7/c1-11-19(22(30)12-4-5-18(32-3)14(25)8-12)23(31)21-16(28)9-15(27)20(24(21)33-11)13-6-7-26(2)10-17(13)29/h4-5,8-9,13,17,22,27-30H,6-7,10H2,1-3H3/t13-,17+,22?/m0/s1. The summed E-state index contributed by atoms with van der Waals surface area (Å²) in [6.07, 6.45) is -1.56. The van der Waals surface area contributed by atoms with Crippen LogP contribution < -0.4 is 10.2 Å². The molecule has 176 valence electrons. The highest BCUT2D eigenvalue weighted by Gasteiger charge is 2.34. The number of likely N-dealkylation sites (N-methyl/N-ethyl adjacent to an activating group) is 1. The molecule has 4 rings (SSSR count). The number of hydrogen-bond acceptors (Lipinski definition) is 8. The molecule has 9 heteroatoms. The highest BCUT2D eigenvalue weighted by Crippen LogP contribution is 2.42. The summed E-state index contributed by atoms with van der Waals surface area (Å²) in [5, 5.41) is 42.7. The summed E-state index contributed by atoms with van der Waals surface area (Å²) in [4.78, 5) is 15.5. The minimum Gasteiger partial charge on any atom is -0.507 e. The Bertz CT molecular complexity index is 1270. The van der Waals surface area contributed by atoms with Crippen LogP contribution >= 0.6 is 15.9 Å². The van der Waals surface area contributed by atoms with Crippen molar-refractivity contribution < 1.29 is 29.6 Å². The van der Waals surface area contributed by atoms with Crippen molar-refractivity contribution in [3.05, 3.63) is 61.4 Å². The molecule has 0 spiro atoms. The maximum absolute atomic E-state index is 13.5. The number of β-amino-alcohol motifs (C(OH)–C–C–N with tert-alkyl or cyclic N) is 1. The number of aryl methyl sites for hydroxylation is 1. The molecule has 1 saturated heterocycles. The summed E-state index contributed by atoms with van der Waals surface area (Å²) in [5.74, 6) is -0.446. The SMILES string of the molecule is COc1ccc(C(O)c2c(C)oc3c([C@H]4CCN(C)C[C@H]4O)c(O)cc(O)c3c2=O)cc1Br. The van der Waals surface area contributed by atoms with Crippen LogP contribution in [0.4, 0.5) is 0 Å². The Morgan fingerprint density at radius 2 is 1.97 bits per heavy atom. The van der Waals surface area contributed by atoms with Crippen LogP contribution in [0.3, 0.4) is 0 Å². The summed E-state index contributed by atoms with van der Waals surface area (Å²) in [5.41, 5.74) is 0.124. The van der Waals surface area contributed by atoms with E-state index in [9.17, 15) is 25.2 Å². The van der Waals surface area contributed by atoms with E-state index in [1.54, 1.807) is 25.1 Å². The predicted molar refractivity (Wildman–Crippen MR) is 126 cm³/mol. The van der Waals surface area contributed by atoms with Crippen molar-refractivity contribution in [2.75, 3.05) is 27.2 Å². The summed E-state index contributed by atoms with van der Waals surface area (Å²) < 4.78 is 11.8. The Labute approximate surface area is 198 Å². The molecule has 4 N–H and O–H groups in total. The third-order valence-corrected chi connectivity index (χ3v) is 6.92. The zero-order valence-electron chi connectivity index (χ0n) is 18.5. The maximum Gasteiger partial charge on any atom is 0.202 e. The number of aliphatic hydroxyl groups excluding tert-OH is 2. The van der Waals surface area contributed by atoms with Crippen molar-refractivity contribution in [2.24, 2.45) is 0 Å². The van der Waals surface area contributed by atoms with E-state index < -0.39 is 29.3 Å². The lowest BCUT2D eigenvalue weighted by atomic mass is 9.85. The Morgan fingerprint density at radius 1 is 1.24 bits per heavy atom. The second-order valence-corrected chi connectivity index (χ2v) is 9.31. The second kappa shape index (κ2) is 8.98. The number of phenols is 2. The van der Waals surface area contributed by atoms with Gasteiger partial charge >= 0.3 is 0 Å². The summed E-state index contributed by atoms with van der Waals surface area (Å²) in [6, 6.07) is 6.03. The number of likely N-dealkylation sites (tertiary alicyclic amines) is 1. The molecule has 8 nitrogen and oxygen atoms in total. The van der Waals surface area contributed by atoms with E-state index in [0.29, 0.717) is 35.3 Å². The molecule has 2 aromatic carbocycles. The molecular weight excluding hydrogens is 494 g/mol. The number of hydrogen-bond donors (Lipinski definition) is 4. The molecule has 1 fully saturated rings. The number of piperidine rings is 1. The van der Waals surface area contributed by atoms with Crippen LogP contribution in [0.25, 0.3) is 11.0 Å². The first-order chi connectivity index (χ1) is 15.6. The van der Waals surface area contributed by atoms with Gasteiger partial charge in [-0.05, 0) is 60.6 Å². The minimum absolute atomic E-state index is 0.0181. The predicted octanol–water partition coefficient (Wildman–Crippen LogP) is 3.15. The van der Waals surface area contributed by atoms with Crippen LogP contribution in [0.15, 0.2) is 37.9 Å². The maximum atomic E-state index is 13.5. The number of benzene rings is 2. The Balaban J connectivity index is 1.90. The van der Waals surface area contributed by atoms with Gasteiger partial charge in [-0.25, -0.2) is 0 Å². The second-order valence-electron chi connectivity index (χ2n) is 8.45. The first kappa shape index (κ1) is 23.6. The van der Waals surface area contributed by atoms with Crippen molar-refractivity contribution in [1.29, 1.82) is 0 Å². The summed E-state index contributed by atoms with van der Waals surface area (Å²) >= 11 is 3.38. The van der Waals surface area contributed by atoms with Gasteiger partial charge in [0.1, 0.15) is 40.1 Å². The fourth-order valence-electron chi connectivity index (χ4n) is 4.60. The first-order valence-electron chi connectivity index (χ1n) is 10.5. The highest BCUT2D eigenvalue weighted by molar-refractivity contribution is 9.10. The number of aliphatic hydroxyl groups is 2. The highest BCUT2D eigenvalue weighted by atomic mass is 79.9. The molecule has 2 heterocycles. The third kappa shape index (κ3) is 4.10. The number of aromatic hydroxyl groups is 2. The summed E-state index contributed by atoms with van der Waals surface area (Å²) in [6.45, 7) is 2.64. The first-order valence-corrected chi connectivity index (χ1v) is 11.3. The lowest BCUT2D eigenvalue weighted by molar-refractivity contribution is 0.0630. The van der Waals surface area contributed by atoms with Gasteiger partial charge in [-0.15, -0.1) is 0 Å². The number of fused-ring (bicyclic) bond motifs is 1. The third-order valence-electron chi connectivity index (χ3n) is 6.30. The molecule has 3 aromatic rings. The molecule has 0 amide bonds. The quantitative estimate of drug-likeness (QED) is 0.414. The molecule has 1 aliphatic rings. The van der Waals surface area contributed by atoms with Gasteiger partial charge in [0.15, 0.2) is 0 Å². The van der Waals surface area contributed by atoms with Gasteiger partial charge in [0.2, 0.25) is 5.43 Å². The van der Waals surface area contributed by atoms with Crippen molar-refractivity contribution in [3.63, 3.8) is 0 Å². The molecule has 33 heavy (non-hydrogen) atoms. The van der Waals surface area contributed by atoms with E-state index in [0.717, 1.165) is 6.07 Å². The smallest absolute Gasteiger partial charge is 0.202 e. The Kier molecular flexibility index (Phi) is 6.41. The van der Waals surface area contributed by atoms with Crippen molar-refractivity contribution in [3.8, 4) is 17.2 Å². The number of rotatable bonds is 4. The number of ether oxygens (including phenoxy) is 1. The molecule has 3 atom stereocenters. The zero-order chi connectivity index (χ0) is 24.0. The van der Waals surface area contributed by atoms with Crippen LogP contribution in [0.5, 0.6) is 17.2 Å². The molecule has 1 aliphatic heterocycles. The number of methoxy groups -OCH3 is 1. The molecule has 0 saturated carbocycles. The number of halogens is 1. The fraction of sp³-hybridized carbons (Fsp3) is 0.375. The topological polar surface area (TPSA) is 124 Å². The number of phenolic OH excluding ortho intramolecular Hbond substituents is 2. The van der Waals surface area contributed by atoms with Gasteiger partial charge in [-0.2, -0.15) is 0 Å². The molecule has 0 bridgehead atoms. The number of nitrogens with zero attached hydrogens (tertiary/aromatic N) is 1. The average Bonchev–Trinajstić information content (AvgIpc) is 2.74. The van der Waals surface area contributed by atoms with Gasteiger partial charge in [0.25, 0.3) is 0 Å². The van der Waals surface area contributed by atoms with E-state index >= 15 is 0 Å². The molecule has 1 aromatic heterocycles. The van der Waals surface area contributed by atoms with E-state index in [1.165, 1.54) is 7.11 Å². The van der Waals surface area contributed by atoms with Crippen LogP contribution in [0.2, 0.25) is 0 Å². The van der Waals surface area contributed by atoms with E-state index in [1.807, 2.05) is 11.9 Å². The Morgan fingerprint density at radius 3 is 2.61 bits per heavy atom. The van der Waals surface area contributed by atoms with E-state index in [2.05, 4.69) is 15.9 Å². The fourth-order valence-corrected chi connectivity index (χ4v) is 5.15. The van der Waals surface area contributed by atoms with Crippen LogP contribution in [0, 0.1) is 6.92 Å². The van der Waals surface area contributed by atoms with E-state index in [-0.39, 0.29) is 33.6 Å². The minimum atomic E-state index is -1.32. The van der Waals surface area contributed by atoms with Gasteiger partial charge < -0.3 is 34.5 Å². The van der Waals surface area contributed by atoms with Gasteiger partial charge in [0, 0.05) is 24.1 Å². The lowest BCUT2D eigenvalue weighted by Crippen LogP contribution is -2.40. The van der Waals surface area contributed by atoms with Gasteiger partial charge in [0.05, 0.1) is 23.2 Å². The largest absolute Gasteiger partial charge is 0.507 e. The molecule has 0 aliphatic carbocycles. The van der Waals surface area contributed by atoms with Gasteiger partial charge in [-0.1, -0.05) is 6.07 Å². The zero-order valence-corrected chi connectivity index (χ0v) is 20.1.